The quantitative estimate of drug-likeness (QED) is 0.476. The van der Waals surface area contributed by atoms with Gasteiger partial charge < -0.3 is 15.4 Å². The molecule has 1 heterocycles. The Balaban J connectivity index is 1.50. The molecular weight excluding hydrogens is 462 g/mol. The van der Waals surface area contributed by atoms with Crippen LogP contribution < -0.4 is 10.6 Å². The number of nitrogens with one attached hydrogen (secondary N) is 2. The van der Waals surface area contributed by atoms with Gasteiger partial charge in [0.15, 0.2) is 6.61 Å². The van der Waals surface area contributed by atoms with E-state index in [-0.39, 0.29) is 12.5 Å². The zero-order chi connectivity index (χ0) is 24.1. The van der Waals surface area contributed by atoms with Gasteiger partial charge in [0.25, 0.3) is 5.91 Å². The molecule has 0 bridgehead atoms. The van der Waals surface area contributed by atoms with Crippen molar-refractivity contribution in [3.05, 3.63) is 68.7 Å². The molecule has 0 atom stereocenters. The number of aryl methyl sites for hydroxylation is 4. The lowest BCUT2D eigenvalue weighted by Gasteiger charge is -2.13. The average molecular weight is 486 g/mol. The van der Waals surface area contributed by atoms with E-state index in [1.54, 1.807) is 19.1 Å². The Labute approximate surface area is 201 Å². The number of esters is 1. The molecule has 0 saturated carbocycles. The molecular formula is C24H24ClN3O4S. The van der Waals surface area contributed by atoms with Gasteiger partial charge in [0.05, 0.1) is 12.2 Å². The largest absolute Gasteiger partial charge is 0.451 e. The molecule has 3 aromatic rings. The summed E-state index contributed by atoms with van der Waals surface area (Å²) >= 11 is 7.08. The summed E-state index contributed by atoms with van der Waals surface area (Å²) in [5.74, 6) is -1.58. The van der Waals surface area contributed by atoms with E-state index in [4.69, 9.17) is 16.3 Å². The fraction of sp³-hybridized carbons (Fsp3) is 0.250. The highest BCUT2D eigenvalue weighted by molar-refractivity contribution is 7.17. The Morgan fingerprint density at radius 2 is 1.64 bits per heavy atom. The first-order valence-corrected chi connectivity index (χ1v) is 11.4. The standard InChI is InChI=1S/C24H24ClN3O4S/c1-13-9-14(2)21(15(3)10-13)28-19(29)11-26-20(30)12-32-24(31)22-16(4)27-23(33-22)17-5-7-18(25)8-6-17/h5-10H,11-12H2,1-4H3,(H,26,30)(H,28,29). The van der Waals surface area contributed by atoms with Gasteiger partial charge in [-0.1, -0.05) is 41.4 Å². The number of carbonyl (C=O) groups excluding carboxylic acids is 3. The van der Waals surface area contributed by atoms with E-state index in [2.05, 4.69) is 15.6 Å². The Bertz CT molecular complexity index is 1180. The van der Waals surface area contributed by atoms with Crippen LogP contribution >= 0.6 is 22.9 Å². The van der Waals surface area contributed by atoms with E-state index in [0.717, 1.165) is 27.9 Å². The third kappa shape index (κ3) is 6.40. The first-order valence-electron chi connectivity index (χ1n) is 10.2. The summed E-state index contributed by atoms with van der Waals surface area (Å²) < 4.78 is 5.11. The summed E-state index contributed by atoms with van der Waals surface area (Å²) in [4.78, 5) is 41.4. The molecule has 2 N–H and O–H groups in total. The van der Waals surface area contributed by atoms with Crippen LogP contribution in [0.5, 0.6) is 0 Å². The molecule has 0 unspecified atom stereocenters. The van der Waals surface area contributed by atoms with E-state index in [1.807, 2.05) is 45.0 Å². The molecule has 0 spiro atoms. The summed E-state index contributed by atoms with van der Waals surface area (Å²) in [6, 6.07) is 11.1. The maximum atomic E-state index is 12.4. The van der Waals surface area contributed by atoms with Crippen molar-refractivity contribution in [2.24, 2.45) is 0 Å². The van der Waals surface area contributed by atoms with Gasteiger partial charge in [-0.05, 0) is 51.0 Å². The zero-order valence-corrected chi connectivity index (χ0v) is 20.3. The second kappa shape index (κ2) is 10.6. The maximum absolute atomic E-state index is 12.4. The predicted octanol–water partition coefficient (Wildman–Crippen LogP) is 4.61. The van der Waals surface area contributed by atoms with Gasteiger partial charge >= 0.3 is 5.97 Å². The number of rotatable bonds is 7. The van der Waals surface area contributed by atoms with Gasteiger partial charge in [-0.25, -0.2) is 9.78 Å². The van der Waals surface area contributed by atoms with Crippen LogP contribution in [0.15, 0.2) is 36.4 Å². The van der Waals surface area contributed by atoms with Gasteiger partial charge in [-0.15, -0.1) is 11.3 Å². The Morgan fingerprint density at radius 3 is 2.27 bits per heavy atom. The smallest absolute Gasteiger partial charge is 0.350 e. The number of nitrogens with zero attached hydrogens (tertiary/aromatic N) is 1. The highest BCUT2D eigenvalue weighted by Crippen LogP contribution is 2.29. The number of benzene rings is 2. The van der Waals surface area contributed by atoms with Crippen LogP contribution in [0.1, 0.15) is 32.1 Å². The van der Waals surface area contributed by atoms with Crippen LogP contribution in [0.25, 0.3) is 10.6 Å². The minimum atomic E-state index is -0.643. The summed E-state index contributed by atoms with van der Waals surface area (Å²) in [5, 5.41) is 6.52. The predicted molar refractivity (Wildman–Crippen MR) is 130 cm³/mol. The number of thiazole rings is 1. The number of halogens is 1. The second-order valence-corrected chi connectivity index (χ2v) is 9.05. The highest BCUT2D eigenvalue weighted by Gasteiger charge is 2.19. The first-order chi connectivity index (χ1) is 15.6. The Morgan fingerprint density at radius 1 is 1.00 bits per heavy atom. The number of anilines is 1. The first kappa shape index (κ1) is 24.4. The molecule has 172 valence electrons. The number of hydrogen-bond donors (Lipinski definition) is 2. The Hall–Kier alpha value is -3.23. The molecule has 3 rings (SSSR count). The van der Waals surface area contributed by atoms with E-state index < -0.39 is 18.5 Å². The third-order valence-electron chi connectivity index (χ3n) is 4.80. The Kier molecular flexibility index (Phi) is 7.84. The molecule has 0 fully saturated rings. The molecule has 2 amide bonds. The van der Waals surface area contributed by atoms with Crippen molar-refractivity contribution >= 4 is 46.4 Å². The number of carbonyl (C=O) groups is 3. The molecule has 0 aliphatic carbocycles. The zero-order valence-electron chi connectivity index (χ0n) is 18.7. The lowest BCUT2D eigenvalue weighted by atomic mass is 10.1. The van der Waals surface area contributed by atoms with Crippen molar-refractivity contribution in [3.63, 3.8) is 0 Å². The highest BCUT2D eigenvalue weighted by atomic mass is 35.5. The molecule has 1 aromatic heterocycles. The van der Waals surface area contributed by atoms with Crippen molar-refractivity contribution < 1.29 is 19.1 Å². The number of aromatic nitrogens is 1. The van der Waals surface area contributed by atoms with Gasteiger partial charge in [0.1, 0.15) is 9.88 Å². The minimum absolute atomic E-state index is 0.233. The van der Waals surface area contributed by atoms with Crippen molar-refractivity contribution in [2.45, 2.75) is 27.7 Å². The summed E-state index contributed by atoms with van der Waals surface area (Å²) in [6.07, 6.45) is 0. The molecule has 7 nitrogen and oxygen atoms in total. The molecule has 9 heteroatoms. The van der Waals surface area contributed by atoms with Gasteiger partial charge in [0, 0.05) is 16.3 Å². The summed E-state index contributed by atoms with van der Waals surface area (Å²) in [6.45, 7) is 6.78. The molecule has 0 aliphatic heterocycles. The van der Waals surface area contributed by atoms with E-state index in [1.165, 1.54) is 11.3 Å². The molecule has 0 saturated heterocycles. The van der Waals surface area contributed by atoms with Gasteiger partial charge in [-0.3, -0.25) is 9.59 Å². The van der Waals surface area contributed by atoms with Crippen LogP contribution in [0, 0.1) is 27.7 Å². The van der Waals surface area contributed by atoms with Crippen LogP contribution in [0.3, 0.4) is 0 Å². The maximum Gasteiger partial charge on any atom is 0.350 e. The van der Waals surface area contributed by atoms with Gasteiger partial charge in [0.2, 0.25) is 5.91 Å². The monoisotopic (exact) mass is 485 g/mol. The van der Waals surface area contributed by atoms with Crippen LogP contribution in [-0.4, -0.2) is 35.9 Å². The molecule has 0 radical (unpaired) electrons. The normalized spacial score (nSPS) is 10.6. The molecule has 0 aliphatic rings. The lowest BCUT2D eigenvalue weighted by Crippen LogP contribution is -2.35. The fourth-order valence-electron chi connectivity index (χ4n) is 3.29. The van der Waals surface area contributed by atoms with E-state index >= 15 is 0 Å². The number of ether oxygens (including phenoxy) is 1. The minimum Gasteiger partial charge on any atom is -0.451 e. The van der Waals surface area contributed by atoms with Crippen molar-refractivity contribution in [3.8, 4) is 10.6 Å². The average Bonchev–Trinajstić information content (AvgIpc) is 3.15. The lowest BCUT2D eigenvalue weighted by molar-refractivity contribution is -0.126. The topological polar surface area (TPSA) is 97.4 Å². The summed E-state index contributed by atoms with van der Waals surface area (Å²) in [7, 11) is 0. The SMILES string of the molecule is Cc1cc(C)c(NC(=O)CNC(=O)COC(=O)c2sc(-c3ccc(Cl)cc3)nc2C)c(C)c1. The van der Waals surface area contributed by atoms with E-state index in [0.29, 0.717) is 20.6 Å². The van der Waals surface area contributed by atoms with Crippen molar-refractivity contribution in [2.75, 3.05) is 18.5 Å². The van der Waals surface area contributed by atoms with E-state index in [9.17, 15) is 14.4 Å². The third-order valence-corrected chi connectivity index (χ3v) is 6.23. The second-order valence-electron chi connectivity index (χ2n) is 7.62. The molecule has 33 heavy (non-hydrogen) atoms. The van der Waals surface area contributed by atoms with Gasteiger partial charge in [-0.2, -0.15) is 0 Å². The van der Waals surface area contributed by atoms with Crippen LogP contribution in [0.4, 0.5) is 5.69 Å². The number of amides is 2. The number of hydrogen-bond acceptors (Lipinski definition) is 6. The fourth-order valence-corrected chi connectivity index (χ4v) is 4.38. The van der Waals surface area contributed by atoms with Crippen LogP contribution in [0.2, 0.25) is 5.02 Å². The van der Waals surface area contributed by atoms with Crippen molar-refractivity contribution in [1.82, 2.24) is 10.3 Å². The summed E-state index contributed by atoms with van der Waals surface area (Å²) in [5.41, 5.74) is 5.06. The molecule has 2 aromatic carbocycles. The van der Waals surface area contributed by atoms with Crippen LogP contribution in [-0.2, 0) is 14.3 Å². The van der Waals surface area contributed by atoms with Crippen molar-refractivity contribution in [1.29, 1.82) is 0 Å².